The molecule has 4 nitrogen and oxygen atoms in total. The molecule has 1 rings (SSSR count). The normalized spacial score (nSPS) is 10.2. The fourth-order valence-electron chi connectivity index (χ4n) is 1.44. The van der Waals surface area contributed by atoms with E-state index in [1.807, 2.05) is 25.8 Å². The van der Waals surface area contributed by atoms with Crippen LogP contribution in [-0.2, 0) is 0 Å². The zero-order valence-electron chi connectivity index (χ0n) is 11.6. The summed E-state index contributed by atoms with van der Waals surface area (Å²) in [7, 11) is 3.92. The third kappa shape index (κ3) is 4.69. The molecule has 0 spiro atoms. The summed E-state index contributed by atoms with van der Waals surface area (Å²) in [6.45, 7) is 8.97. The largest absolute Gasteiger partial charge is 0.371 e. The first-order chi connectivity index (χ1) is 8.06. The Morgan fingerprint density at radius 3 is 2.12 bits per heavy atom. The lowest BCUT2D eigenvalue weighted by Crippen LogP contribution is -2.38. The Balaban J connectivity index is 0.00000121. The van der Waals surface area contributed by atoms with Crippen molar-refractivity contribution < 1.29 is 0 Å². The van der Waals surface area contributed by atoms with E-state index in [2.05, 4.69) is 18.9 Å². The summed E-state index contributed by atoms with van der Waals surface area (Å²) in [6, 6.07) is 1.41. The van der Waals surface area contributed by atoms with E-state index in [9.17, 15) is 9.59 Å². The number of rotatable bonds is 6. The second-order valence-corrected chi connectivity index (χ2v) is 3.89. The summed E-state index contributed by atoms with van der Waals surface area (Å²) in [4.78, 5) is 25.9. The van der Waals surface area contributed by atoms with Crippen LogP contribution < -0.4 is 15.8 Å². The van der Waals surface area contributed by atoms with Gasteiger partial charge in [-0.1, -0.05) is 20.8 Å². The molecule has 4 heteroatoms. The molecule has 0 bridgehead atoms. The summed E-state index contributed by atoms with van der Waals surface area (Å²) in [5.74, 6) is 0. The maximum atomic E-state index is 11.1. The van der Waals surface area contributed by atoms with Crippen LogP contribution in [-0.4, -0.2) is 38.6 Å². The Bertz CT molecular complexity index is 380. The molecule has 0 aliphatic rings. The van der Waals surface area contributed by atoms with E-state index < -0.39 is 0 Å². The molecule has 0 N–H and O–H groups in total. The topological polar surface area (TPSA) is 40.6 Å². The molecule has 0 radical (unpaired) electrons. The van der Waals surface area contributed by atoms with E-state index in [1.165, 1.54) is 6.07 Å². The smallest absolute Gasteiger partial charge is 0.249 e. The van der Waals surface area contributed by atoms with Gasteiger partial charge in [0.2, 0.25) is 10.9 Å². The van der Waals surface area contributed by atoms with Crippen molar-refractivity contribution in [2.24, 2.45) is 0 Å². The van der Waals surface area contributed by atoms with E-state index in [0.717, 1.165) is 26.1 Å². The zero-order chi connectivity index (χ0) is 13.4. The average Bonchev–Trinajstić information content (AvgIpc) is 2.37. The molecule has 1 aromatic rings. The van der Waals surface area contributed by atoms with Crippen molar-refractivity contribution in [2.75, 3.05) is 38.6 Å². The summed E-state index contributed by atoms with van der Waals surface area (Å²) in [6.07, 6.45) is 1.000. The number of anilines is 1. The molecular weight excluding hydrogens is 216 g/mol. The highest BCUT2D eigenvalue weighted by molar-refractivity contribution is 5.49. The SMILES string of the molecule is CC.CCN(C)CCCN(C)c1cc(=O)c1=O. The maximum Gasteiger partial charge on any atom is 0.249 e. The Morgan fingerprint density at radius 2 is 1.71 bits per heavy atom. The van der Waals surface area contributed by atoms with Gasteiger partial charge in [-0.15, -0.1) is 0 Å². The predicted octanol–water partition coefficient (Wildman–Crippen LogP) is 1.09. The summed E-state index contributed by atoms with van der Waals surface area (Å²) in [5, 5.41) is 0. The van der Waals surface area contributed by atoms with E-state index in [0.29, 0.717) is 5.69 Å². The van der Waals surface area contributed by atoms with Crippen LogP contribution in [0.5, 0.6) is 0 Å². The van der Waals surface area contributed by atoms with Crippen molar-refractivity contribution in [3.05, 3.63) is 26.5 Å². The van der Waals surface area contributed by atoms with E-state index in [4.69, 9.17) is 0 Å². The molecule has 0 aliphatic heterocycles. The molecule has 0 aromatic heterocycles. The number of hydrogen-bond acceptors (Lipinski definition) is 4. The molecule has 0 aliphatic carbocycles. The van der Waals surface area contributed by atoms with Crippen LogP contribution >= 0.6 is 0 Å². The standard InChI is InChI=1S/C11H18N2O2.C2H6/c1-4-12(2)6-5-7-13(3)9-8-10(14)11(9)15;1-2/h8H,4-7H2,1-3H3;1-2H3. The second-order valence-electron chi connectivity index (χ2n) is 3.89. The first-order valence-electron chi connectivity index (χ1n) is 6.26. The Kier molecular flexibility index (Phi) is 7.46. The van der Waals surface area contributed by atoms with Gasteiger partial charge in [-0.05, 0) is 26.6 Å². The third-order valence-electron chi connectivity index (χ3n) is 2.71. The number of hydrogen-bond donors (Lipinski definition) is 0. The fourth-order valence-corrected chi connectivity index (χ4v) is 1.44. The highest BCUT2D eigenvalue weighted by Crippen LogP contribution is 2.04. The van der Waals surface area contributed by atoms with Crippen LogP contribution in [0.25, 0.3) is 0 Å². The minimum atomic E-state index is -0.373. The lowest BCUT2D eigenvalue weighted by molar-refractivity contribution is 0.349. The van der Waals surface area contributed by atoms with Crippen LogP contribution in [0.4, 0.5) is 5.69 Å². The van der Waals surface area contributed by atoms with Gasteiger partial charge in [0, 0.05) is 19.7 Å². The van der Waals surface area contributed by atoms with E-state index >= 15 is 0 Å². The molecular formula is C13H24N2O2. The lowest BCUT2D eigenvalue weighted by atomic mass is 10.2. The molecule has 0 saturated heterocycles. The van der Waals surface area contributed by atoms with Crippen LogP contribution in [0.15, 0.2) is 15.7 Å². The van der Waals surface area contributed by atoms with E-state index in [-0.39, 0.29) is 10.9 Å². The molecule has 17 heavy (non-hydrogen) atoms. The van der Waals surface area contributed by atoms with Gasteiger partial charge < -0.3 is 9.80 Å². The second kappa shape index (κ2) is 8.01. The summed E-state index contributed by atoms with van der Waals surface area (Å²) in [5.41, 5.74) is -0.164. The van der Waals surface area contributed by atoms with Crippen LogP contribution in [0.3, 0.4) is 0 Å². The minimum absolute atomic E-state index is 0.346. The van der Waals surface area contributed by atoms with Gasteiger partial charge in [0.1, 0.15) is 0 Å². The third-order valence-corrected chi connectivity index (χ3v) is 2.71. The van der Waals surface area contributed by atoms with Crippen molar-refractivity contribution in [3.8, 4) is 0 Å². The molecule has 0 amide bonds. The van der Waals surface area contributed by atoms with Crippen molar-refractivity contribution in [2.45, 2.75) is 27.2 Å². The first kappa shape index (κ1) is 15.8. The highest BCUT2D eigenvalue weighted by Gasteiger charge is 2.13. The van der Waals surface area contributed by atoms with Gasteiger partial charge in [-0.3, -0.25) is 9.59 Å². The van der Waals surface area contributed by atoms with Crippen molar-refractivity contribution in [1.82, 2.24) is 4.90 Å². The maximum absolute atomic E-state index is 11.1. The monoisotopic (exact) mass is 240 g/mol. The summed E-state index contributed by atoms with van der Waals surface area (Å²) >= 11 is 0. The Morgan fingerprint density at radius 1 is 1.12 bits per heavy atom. The highest BCUT2D eigenvalue weighted by atomic mass is 16.2. The molecule has 0 saturated carbocycles. The first-order valence-corrected chi connectivity index (χ1v) is 6.26. The van der Waals surface area contributed by atoms with Crippen molar-refractivity contribution >= 4 is 5.69 Å². The molecule has 0 fully saturated rings. The van der Waals surface area contributed by atoms with Crippen molar-refractivity contribution in [1.29, 1.82) is 0 Å². The van der Waals surface area contributed by atoms with Crippen LogP contribution in [0.1, 0.15) is 27.2 Å². The fraction of sp³-hybridized carbons (Fsp3) is 0.692. The van der Waals surface area contributed by atoms with Gasteiger partial charge in [-0.2, -0.15) is 0 Å². The van der Waals surface area contributed by atoms with Crippen LogP contribution in [0, 0.1) is 0 Å². The number of nitrogens with zero attached hydrogens (tertiary/aromatic N) is 2. The molecule has 98 valence electrons. The predicted molar refractivity (Wildman–Crippen MR) is 73.8 cm³/mol. The molecule has 1 aromatic carbocycles. The van der Waals surface area contributed by atoms with E-state index in [1.54, 1.807) is 0 Å². The molecule has 0 heterocycles. The van der Waals surface area contributed by atoms with Gasteiger partial charge in [0.15, 0.2) is 0 Å². The van der Waals surface area contributed by atoms with Gasteiger partial charge in [0.05, 0.1) is 5.69 Å². The van der Waals surface area contributed by atoms with Gasteiger partial charge in [0.25, 0.3) is 0 Å². The molecule has 0 unspecified atom stereocenters. The molecule has 0 atom stereocenters. The zero-order valence-corrected chi connectivity index (χ0v) is 11.6. The lowest BCUT2D eigenvalue weighted by Gasteiger charge is -2.21. The average molecular weight is 240 g/mol. The minimum Gasteiger partial charge on any atom is -0.371 e. The van der Waals surface area contributed by atoms with Crippen molar-refractivity contribution in [3.63, 3.8) is 0 Å². The quantitative estimate of drug-likeness (QED) is 0.698. The van der Waals surface area contributed by atoms with Crippen LogP contribution in [0.2, 0.25) is 0 Å². The van der Waals surface area contributed by atoms with Gasteiger partial charge in [-0.25, -0.2) is 0 Å². The van der Waals surface area contributed by atoms with Gasteiger partial charge >= 0.3 is 0 Å². The Hall–Kier alpha value is -1.16. The Labute approximate surface area is 104 Å². The summed E-state index contributed by atoms with van der Waals surface area (Å²) < 4.78 is 0.